The van der Waals surface area contributed by atoms with Crippen molar-refractivity contribution in [1.82, 2.24) is 10.2 Å². The largest absolute Gasteiger partial charge is 0.368 e. The van der Waals surface area contributed by atoms with E-state index in [0.29, 0.717) is 12.0 Å². The molecule has 0 aromatic heterocycles. The van der Waals surface area contributed by atoms with Gasteiger partial charge in [-0.1, -0.05) is 0 Å². The average molecular weight is 227 g/mol. The Kier molecular flexibility index (Phi) is 4.33. The lowest BCUT2D eigenvalue weighted by molar-refractivity contribution is -0.123. The lowest BCUT2D eigenvalue weighted by atomic mass is 9.88. The number of nitrogens with two attached hydrogens (primary N) is 1. The maximum Gasteiger partial charge on any atom is 0.237 e. The number of rotatable bonds is 4. The Bertz CT molecular complexity index is 245. The van der Waals surface area contributed by atoms with E-state index in [1.807, 2.05) is 13.8 Å². The fraction of sp³-hybridized carbons (Fsp3) is 0.917. The minimum atomic E-state index is -0.608. The molecule has 4 nitrogen and oxygen atoms in total. The standard InChI is InChI=1S/C12H25N3O/c1-9(14-12(2,3)11(13)16)10-5-7-15(4)8-6-10/h9-10,14H,5-8H2,1-4H3,(H2,13,16). The van der Waals surface area contributed by atoms with Crippen LogP contribution in [0.15, 0.2) is 0 Å². The second-order valence-corrected chi connectivity index (χ2v) is 5.56. The molecule has 3 N–H and O–H groups in total. The van der Waals surface area contributed by atoms with Crippen LogP contribution in [0.2, 0.25) is 0 Å². The fourth-order valence-electron chi connectivity index (χ4n) is 2.29. The molecule has 1 heterocycles. The number of carbonyl (C=O) groups is 1. The van der Waals surface area contributed by atoms with Gasteiger partial charge < -0.3 is 16.0 Å². The fourth-order valence-corrected chi connectivity index (χ4v) is 2.29. The molecule has 0 saturated carbocycles. The highest BCUT2D eigenvalue weighted by molar-refractivity contribution is 5.83. The summed E-state index contributed by atoms with van der Waals surface area (Å²) in [6, 6.07) is 0.344. The Hall–Kier alpha value is -0.610. The van der Waals surface area contributed by atoms with Crippen molar-refractivity contribution in [2.75, 3.05) is 20.1 Å². The van der Waals surface area contributed by atoms with E-state index in [2.05, 4.69) is 24.2 Å². The third kappa shape index (κ3) is 3.46. The summed E-state index contributed by atoms with van der Waals surface area (Å²) in [5.41, 5.74) is 4.75. The van der Waals surface area contributed by atoms with Crippen LogP contribution in [0, 0.1) is 5.92 Å². The van der Waals surface area contributed by atoms with Crippen LogP contribution in [-0.2, 0) is 4.79 Å². The second-order valence-electron chi connectivity index (χ2n) is 5.56. The van der Waals surface area contributed by atoms with E-state index < -0.39 is 5.54 Å². The predicted octanol–water partition coefficient (Wildman–Crippen LogP) is 0.570. The van der Waals surface area contributed by atoms with E-state index in [1.54, 1.807) is 0 Å². The molecule has 0 spiro atoms. The van der Waals surface area contributed by atoms with Crippen molar-refractivity contribution in [2.45, 2.75) is 45.2 Å². The zero-order valence-corrected chi connectivity index (χ0v) is 10.9. The van der Waals surface area contributed by atoms with Crippen LogP contribution in [0.5, 0.6) is 0 Å². The summed E-state index contributed by atoms with van der Waals surface area (Å²) in [6.45, 7) is 8.14. The zero-order valence-electron chi connectivity index (χ0n) is 10.9. The molecule has 0 radical (unpaired) electrons. The van der Waals surface area contributed by atoms with Gasteiger partial charge in [-0.3, -0.25) is 4.79 Å². The van der Waals surface area contributed by atoms with E-state index in [9.17, 15) is 4.79 Å². The van der Waals surface area contributed by atoms with Crippen molar-refractivity contribution < 1.29 is 4.79 Å². The lowest BCUT2D eigenvalue weighted by Gasteiger charge is -2.36. The summed E-state index contributed by atoms with van der Waals surface area (Å²) in [7, 11) is 2.15. The molecular formula is C12H25N3O. The summed E-state index contributed by atoms with van der Waals surface area (Å²) < 4.78 is 0. The van der Waals surface area contributed by atoms with Crippen molar-refractivity contribution in [3.05, 3.63) is 0 Å². The molecule has 1 atom stereocenters. The van der Waals surface area contributed by atoms with Crippen molar-refractivity contribution >= 4 is 5.91 Å². The van der Waals surface area contributed by atoms with Gasteiger partial charge in [-0.05, 0) is 59.7 Å². The average Bonchev–Trinajstić information content (AvgIpc) is 2.17. The molecule has 1 unspecified atom stereocenters. The van der Waals surface area contributed by atoms with Crippen LogP contribution in [0.25, 0.3) is 0 Å². The zero-order chi connectivity index (χ0) is 12.3. The summed E-state index contributed by atoms with van der Waals surface area (Å²) in [5.74, 6) is 0.363. The Balaban J connectivity index is 2.46. The number of hydrogen-bond acceptors (Lipinski definition) is 3. The highest BCUT2D eigenvalue weighted by atomic mass is 16.1. The number of hydrogen-bond donors (Lipinski definition) is 2. The molecule has 94 valence electrons. The van der Waals surface area contributed by atoms with Gasteiger partial charge in [0.2, 0.25) is 5.91 Å². The van der Waals surface area contributed by atoms with Crippen molar-refractivity contribution in [1.29, 1.82) is 0 Å². The number of nitrogens with zero attached hydrogens (tertiary/aromatic N) is 1. The molecule has 1 aliphatic rings. The molecular weight excluding hydrogens is 202 g/mol. The quantitative estimate of drug-likeness (QED) is 0.738. The van der Waals surface area contributed by atoms with Crippen LogP contribution < -0.4 is 11.1 Å². The molecule has 1 saturated heterocycles. The first kappa shape index (κ1) is 13.5. The molecule has 1 fully saturated rings. The highest BCUT2D eigenvalue weighted by Crippen LogP contribution is 2.21. The van der Waals surface area contributed by atoms with Gasteiger partial charge in [0, 0.05) is 6.04 Å². The molecule has 1 aliphatic heterocycles. The molecule has 4 heteroatoms. The van der Waals surface area contributed by atoms with Gasteiger partial charge in [0.05, 0.1) is 5.54 Å². The van der Waals surface area contributed by atoms with Gasteiger partial charge in [-0.15, -0.1) is 0 Å². The number of piperidine rings is 1. The summed E-state index contributed by atoms with van der Waals surface area (Å²) in [5, 5.41) is 3.35. The Morgan fingerprint density at radius 2 is 1.94 bits per heavy atom. The minimum absolute atomic E-state index is 0.285. The van der Waals surface area contributed by atoms with Gasteiger partial charge in [-0.25, -0.2) is 0 Å². The topological polar surface area (TPSA) is 58.4 Å². The van der Waals surface area contributed by atoms with Gasteiger partial charge in [0.25, 0.3) is 0 Å². The van der Waals surface area contributed by atoms with Crippen LogP contribution in [0.3, 0.4) is 0 Å². The lowest BCUT2D eigenvalue weighted by Crippen LogP contribution is -2.56. The van der Waals surface area contributed by atoms with E-state index in [-0.39, 0.29) is 5.91 Å². The third-order valence-corrected chi connectivity index (χ3v) is 3.67. The van der Waals surface area contributed by atoms with Crippen LogP contribution >= 0.6 is 0 Å². The van der Waals surface area contributed by atoms with Crippen molar-refractivity contribution in [3.63, 3.8) is 0 Å². The van der Waals surface area contributed by atoms with Gasteiger partial charge in [-0.2, -0.15) is 0 Å². The van der Waals surface area contributed by atoms with E-state index in [4.69, 9.17) is 5.73 Å². The number of primary amides is 1. The number of amides is 1. The highest BCUT2D eigenvalue weighted by Gasteiger charge is 2.30. The normalized spacial score (nSPS) is 22.0. The maximum absolute atomic E-state index is 11.2. The Morgan fingerprint density at radius 3 is 2.38 bits per heavy atom. The molecule has 1 amide bonds. The minimum Gasteiger partial charge on any atom is -0.368 e. The second kappa shape index (κ2) is 5.15. The Morgan fingerprint density at radius 1 is 1.44 bits per heavy atom. The monoisotopic (exact) mass is 227 g/mol. The first-order chi connectivity index (χ1) is 7.33. The van der Waals surface area contributed by atoms with Gasteiger partial charge >= 0.3 is 0 Å². The molecule has 16 heavy (non-hydrogen) atoms. The van der Waals surface area contributed by atoms with E-state index in [0.717, 1.165) is 13.1 Å². The molecule has 0 bridgehead atoms. The van der Waals surface area contributed by atoms with Crippen LogP contribution in [0.1, 0.15) is 33.6 Å². The van der Waals surface area contributed by atoms with Crippen molar-refractivity contribution in [3.8, 4) is 0 Å². The van der Waals surface area contributed by atoms with Crippen molar-refractivity contribution in [2.24, 2.45) is 11.7 Å². The van der Waals surface area contributed by atoms with E-state index >= 15 is 0 Å². The number of nitrogens with one attached hydrogen (secondary N) is 1. The summed E-state index contributed by atoms with van der Waals surface area (Å²) in [6.07, 6.45) is 2.39. The molecule has 0 aromatic rings. The van der Waals surface area contributed by atoms with Crippen LogP contribution in [-0.4, -0.2) is 42.5 Å². The Labute approximate surface area is 98.6 Å². The predicted molar refractivity (Wildman–Crippen MR) is 66.1 cm³/mol. The molecule has 0 aliphatic carbocycles. The van der Waals surface area contributed by atoms with Gasteiger partial charge in [0.15, 0.2) is 0 Å². The smallest absolute Gasteiger partial charge is 0.237 e. The third-order valence-electron chi connectivity index (χ3n) is 3.67. The molecule has 1 rings (SSSR count). The first-order valence-corrected chi connectivity index (χ1v) is 6.09. The summed E-state index contributed by atoms with van der Waals surface area (Å²) >= 11 is 0. The first-order valence-electron chi connectivity index (χ1n) is 6.09. The molecule has 0 aromatic carbocycles. The summed E-state index contributed by atoms with van der Waals surface area (Å²) in [4.78, 5) is 13.6. The number of likely N-dealkylation sites (tertiary alicyclic amines) is 1. The maximum atomic E-state index is 11.2. The van der Waals surface area contributed by atoms with Gasteiger partial charge in [0.1, 0.15) is 0 Å². The SMILES string of the molecule is CC(NC(C)(C)C(N)=O)C1CCN(C)CC1. The van der Waals surface area contributed by atoms with E-state index in [1.165, 1.54) is 12.8 Å². The number of carbonyl (C=O) groups excluding carboxylic acids is 1. The van der Waals surface area contributed by atoms with Crippen LogP contribution in [0.4, 0.5) is 0 Å².